The Labute approximate surface area is 90.0 Å². The highest BCUT2D eigenvalue weighted by molar-refractivity contribution is 5.08. The zero-order valence-electron chi connectivity index (χ0n) is 9.25. The SMILES string of the molecule is C#[N+]N(/C=C(/C)N)CN1C=C(C)N(C)[N-]1. The van der Waals surface area contributed by atoms with E-state index in [-0.39, 0.29) is 0 Å². The van der Waals surface area contributed by atoms with E-state index in [0.29, 0.717) is 12.4 Å². The van der Waals surface area contributed by atoms with Crippen molar-refractivity contribution >= 4 is 0 Å². The molecule has 1 heterocycles. The summed E-state index contributed by atoms with van der Waals surface area (Å²) in [6.45, 7) is 9.39. The Morgan fingerprint density at radius 2 is 2.47 bits per heavy atom. The Hall–Kier alpha value is -1.87. The smallest absolute Gasteiger partial charge is 0.305 e. The van der Waals surface area contributed by atoms with Crippen LogP contribution in [0.2, 0.25) is 0 Å². The lowest BCUT2D eigenvalue weighted by molar-refractivity contribution is 0.293. The van der Waals surface area contributed by atoms with Gasteiger partial charge in [0.1, 0.15) is 6.20 Å². The number of nitrogens with two attached hydrogens (primary N) is 1. The van der Waals surface area contributed by atoms with E-state index in [0.717, 1.165) is 5.70 Å². The summed E-state index contributed by atoms with van der Waals surface area (Å²) < 4.78 is 0. The lowest BCUT2D eigenvalue weighted by Gasteiger charge is -2.35. The molecule has 0 spiro atoms. The fourth-order valence-electron chi connectivity index (χ4n) is 1.13. The number of hydrogen-bond donors (Lipinski definition) is 1. The van der Waals surface area contributed by atoms with Gasteiger partial charge in [0.05, 0.1) is 4.95 Å². The maximum Gasteiger partial charge on any atom is 0.305 e. The number of rotatable bonds is 3. The molecule has 0 fully saturated rings. The van der Waals surface area contributed by atoms with Crippen molar-refractivity contribution in [2.24, 2.45) is 5.73 Å². The second-order valence-corrected chi connectivity index (χ2v) is 3.39. The molecule has 0 aliphatic carbocycles. The van der Waals surface area contributed by atoms with Crippen LogP contribution in [-0.2, 0) is 0 Å². The summed E-state index contributed by atoms with van der Waals surface area (Å²) in [6, 6.07) is 0. The number of allylic oxidation sites excluding steroid dienone is 2. The fraction of sp³-hybridized carbons (Fsp3) is 0.444. The second-order valence-electron chi connectivity index (χ2n) is 3.39. The largest absolute Gasteiger partial charge is 0.474 e. The van der Waals surface area contributed by atoms with Gasteiger partial charge in [-0.15, -0.1) is 0 Å². The molecule has 0 aromatic heterocycles. The highest BCUT2D eigenvalue weighted by Crippen LogP contribution is 2.20. The quantitative estimate of drug-likeness (QED) is 0.709. The van der Waals surface area contributed by atoms with E-state index in [1.54, 1.807) is 23.1 Å². The molecule has 6 nitrogen and oxygen atoms in total. The molecule has 82 valence electrons. The van der Waals surface area contributed by atoms with E-state index >= 15 is 0 Å². The Kier molecular flexibility index (Phi) is 3.42. The van der Waals surface area contributed by atoms with Crippen molar-refractivity contribution in [3.05, 3.63) is 34.3 Å². The lowest BCUT2D eigenvalue weighted by Crippen LogP contribution is -2.24. The molecule has 15 heavy (non-hydrogen) atoms. The molecule has 6 heteroatoms. The minimum atomic E-state index is 0.437. The van der Waals surface area contributed by atoms with Gasteiger partial charge in [0.25, 0.3) is 0 Å². The molecule has 0 aromatic rings. The molecule has 0 radical (unpaired) electrons. The van der Waals surface area contributed by atoms with E-state index in [1.807, 2.05) is 20.2 Å². The summed E-state index contributed by atoms with van der Waals surface area (Å²) in [5.74, 6) is 0. The second kappa shape index (κ2) is 4.57. The zero-order valence-corrected chi connectivity index (χ0v) is 9.25. The van der Waals surface area contributed by atoms with Crippen molar-refractivity contribution < 1.29 is 0 Å². The molecule has 2 N–H and O–H groups in total. The molecule has 1 aliphatic heterocycles. The van der Waals surface area contributed by atoms with Gasteiger partial charge in [-0.25, -0.2) is 0 Å². The molecular formula is C9H16N6. The molecule has 0 unspecified atom stereocenters. The first-order chi connectivity index (χ1) is 7.02. The topological polar surface area (TPSA) is 54.2 Å². The monoisotopic (exact) mass is 208 g/mol. The van der Waals surface area contributed by atoms with Crippen molar-refractivity contribution in [3.63, 3.8) is 0 Å². The summed E-state index contributed by atoms with van der Waals surface area (Å²) in [5, 5.41) is 5.01. The fourth-order valence-corrected chi connectivity index (χ4v) is 1.13. The van der Waals surface area contributed by atoms with Crippen molar-refractivity contribution in [1.82, 2.24) is 15.0 Å². The molecule has 0 saturated heterocycles. The molecule has 1 rings (SSSR count). The first kappa shape index (κ1) is 11.2. The summed E-state index contributed by atoms with van der Waals surface area (Å²) >= 11 is 0. The van der Waals surface area contributed by atoms with Crippen molar-refractivity contribution in [2.45, 2.75) is 13.8 Å². The molecule has 0 atom stereocenters. The maximum atomic E-state index is 5.53. The van der Waals surface area contributed by atoms with Crippen LogP contribution in [0.5, 0.6) is 0 Å². The normalized spacial score (nSPS) is 16.4. The summed E-state index contributed by atoms with van der Waals surface area (Å²) in [7, 11) is 1.87. The number of hydrogen-bond acceptors (Lipinski definition) is 4. The van der Waals surface area contributed by atoms with Gasteiger partial charge >= 0.3 is 6.57 Å². The summed E-state index contributed by atoms with van der Waals surface area (Å²) in [4.78, 5) is 3.57. The molecule has 0 bridgehead atoms. The molecule has 0 aromatic carbocycles. The third kappa shape index (κ3) is 3.07. The Balaban J connectivity index is 2.56. The van der Waals surface area contributed by atoms with Gasteiger partial charge < -0.3 is 21.3 Å². The number of nitrogens with zero attached hydrogens (tertiary/aromatic N) is 5. The van der Waals surface area contributed by atoms with Crippen LogP contribution in [-0.4, -0.2) is 28.7 Å². The van der Waals surface area contributed by atoms with Crippen molar-refractivity contribution in [1.29, 1.82) is 0 Å². The third-order valence-electron chi connectivity index (χ3n) is 1.89. The molecular weight excluding hydrogens is 192 g/mol. The minimum Gasteiger partial charge on any atom is -0.474 e. The predicted molar refractivity (Wildman–Crippen MR) is 59.7 cm³/mol. The predicted octanol–water partition coefficient (Wildman–Crippen LogP) is 1.26. The molecule has 0 amide bonds. The van der Waals surface area contributed by atoms with Gasteiger partial charge in [0.15, 0.2) is 6.67 Å². The van der Waals surface area contributed by atoms with Crippen LogP contribution in [0.15, 0.2) is 23.8 Å². The molecule has 1 aliphatic rings. The molecule has 0 saturated carbocycles. The summed E-state index contributed by atoms with van der Waals surface area (Å²) in [6.07, 6.45) is 3.55. The Morgan fingerprint density at radius 1 is 1.80 bits per heavy atom. The van der Waals surface area contributed by atoms with Gasteiger partial charge in [0.2, 0.25) is 0 Å². The maximum absolute atomic E-state index is 5.53. The van der Waals surface area contributed by atoms with E-state index in [1.165, 1.54) is 5.01 Å². The average molecular weight is 208 g/mol. The van der Waals surface area contributed by atoms with Crippen LogP contribution < -0.4 is 5.73 Å². The van der Waals surface area contributed by atoms with E-state index in [9.17, 15) is 0 Å². The first-order valence-electron chi connectivity index (χ1n) is 4.54. The van der Waals surface area contributed by atoms with Crippen LogP contribution >= 0.6 is 0 Å². The van der Waals surface area contributed by atoms with Crippen LogP contribution in [0.3, 0.4) is 0 Å². The standard InChI is InChI=1S/C9H16N6/c1-8(10)5-14(11-3)7-15-6-9(2)13(4)12-15/h3,5-6H,7,10H2,1-2,4H3/b8-5-. The highest BCUT2D eigenvalue weighted by atomic mass is 15.8. The zero-order chi connectivity index (χ0) is 11.4. The van der Waals surface area contributed by atoms with Gasteiger partial charge in [0, 0.05) is 17.6 Å². The lowest BCUT2D eigenvalue weighted by atomic mass is 10.5. The van der Waals surface area contributed by atoms with Crippen molar-refractivity contribution in [2.75, 3.05) is 13.7 Å². The van der Waals surface area contributed by atoms with E-state index < -0.39 is 0 Å². The Bertz CT molecular complexity index is 322. The van der Waals surface area contributed by atoms with Gasteiger partial charge in [-0.1, -0.05) is 0 Å². The summed E-state index contributed by atoms with van der Waals surface area (Å²) in [5.41, 5.74) is 11.4. The van der Waals surface area contributed by atoms with Crippen LogP contribution in [0.25, 0.3) is 10.5 Å². The van der Waals surface area contributed by atoms with Gasteiger partial charge in [-0.3, -0.25) is 0 Å². The van der Waals surface area contributed by atoms with Gasteiger partial charge in [-0.2, -0.15) is 0 Å². The highest BCUT2D eigenvalue weighted by Gasteiger charge is 2.10. The van der Waals surface area contributed by atoms with E-state index in [4.69, 9.17) is 12.3 Å². The van der Waals surface area contributed by atoms with E-state index in [2.05, 4.69) is 10.5 Å². The average Bonchev–Trinajstić information content (AvgIpc) is 2.44. The first-order valence-corrected chi connectivity index (χ1v) is 4.54. The minimum absolute atomic E-state index is 0.437. The van der Waals surface area contributed by atoms with Crippen LogP contribution in [0.1, 0.15) is 13.8 Å². The Morgan fingerprint density at radius 3 is 2.87 bits per heavy atom. The van der Waals surface area contributed by atoms with Crippen LogP contribution in [0, 0.1) is 6.57 Å². The third-order valence-corrected chi connectivity index (χ3v) is 1.89. The van der Waals surface area contributed by atoms with Crippen LogP contribution in [0.4, 0.5) is 0 Å². The van der Waals surface area contributed by atoms with Gasteiger partial charge in [-0.05, 0) is 25.9 Å². The van der Waals surface area contributed by atoms with Crippen molar-refractivity contribution in [3.8, 4) is 6.57 Å².